The van der Waals surface area contributed by atoms with Crippen molar-refractivity contribution in [3.63, 3.8) is 0 Å². The Hall–Kier alpha value is -1.61. The van der Waals surface area contributed by atoms with E-state index in [-0.39, 0.29) is 6.42 Å². The standard InChI is InChI=1S/C9H12BNO4.C6H14O6/c11-8(9(12)13)5-6-1-3-7(4-2-6)10(14)15;7-1-3(9)5(11)6(12)4(10)2-8/h1-4,8,14-15H,5,11H2,(H,12,13);3-12H,1-2H2/t8-;3-,4-,5-,6-/m01/s1/i/hD. The van der Waals surface area contributed by atoms with Gasteiger partial charge in [-0.2, -0.15) is 0 Å². The zero-order valence-electron chi connectivity index (χ0n) is 15.4. The SMILES string of the molecule is OC[C@@H](O)[C@@H](O)[C@H](O)[C@H](O)CO.[2H]OC(=O)[C@@H](N)Cc1ccc(B(O)O)cc1. The van der Waals surface area contributed by atoms with E-state index in [0.29, 0.717) is 5.46 Å². The molecule has 0 aliphatic carbocycles. The van der Waals surface area contributed by atoms with Crippen LogP contribution in [-0.4, -0.2) is 103 Å². The normalized spacial score (nSPS) is 16.7. The molecule has 5 atom stereocenters. The molecule has 0 aliphatic heterocycles. The van der Waals surface area contributed by atoms with Gasteiger partial charge in [0.1, 0.15) is 30.5 Å². The minimum Gasteiger partial charge on any atom is -0.480 e. The Bertz CT molecular complexity index is 550. The minimum atomic E-state index is -1.67. The third-order valence-electron chi connectivity index (χ3n) is 3.55. The number of aliphatic hydroxyl groups is 6. The summed E-state index contributed by atoms with van der Waals surface area (Å²) in [6, 6.07) is 5.43. The molecule has 154 valence electrons. The van der Waals surface area contributed by atoms with Gasteiger partial charge in [-0.15, -0.1) is 0 Å². The first-order chi connectivity index (χ1) is 13.1. The van der Waals surface area contributed by atoms with Gasteiger partial charge in [-0.05, 0) is 17.4 Å². The maximum atomic E-state index is 10.9. The second kappa shape index (κ2) is 12.7. The largest absolute Gasteiger partial charge is 0.488 e. The van der Waals surface area contributed by atoms with Gasteiger partial charge in [0.05, 0.1) is 13.2 Å². The number of carbonyl (C=O) groups is 1. The van der Waals surface area contributed by atoms with Gasteiger partial charge < -0.3 is 51.5 Å². The molecule has 0 fully saturated rings. The Morgan fingerprint density at radius 2 is 1.44 bits per heavy atom. The lowest BCUT2D eigenvalue weighted by molar-refractivity contribution is -0.138. The van der Waals surface area contributed by atoms with Crippen molar-refractivity contribution in [1.82, 2.24) is 0 Å². The molecule has 0 radical (unpaired) electrons. The highest BCUT2D eigenvalue weighted by Gasteiger charge is 2.29. The fourth-order valence-corrected chi connectivity index (χ4v) is 1.83. The van der Waals surface area contributed by atoms with E-state index in [1.54, 1.807) is 12.1 Å². The summed E-state index contributed by atoms with van der Waals surface area (Å²) in [7, 11) is -1.51. The van der Waals surface area contributed by atoms with Crippen LogP contribution in [0.15, 0.2) is 24.3 Å². The minimum absolute atomic E-state index is 0.236. The molecule has 0 amide bonds. The molecule has 0 aromatic heterocycles. The first-order valence-electron chi connectivity index (χ1n) is 8.31. The van der Waals surface area contributed by atoms with Crippen LogP contribution >= 0.6 is 0 Å². The van der Waals surface area contributed by atoms with Crippen molar-refractivity contribution in [3.8, 4) is 0 Å². The van der Waals surface area contributed by atoms with E-state index in [4.69, 9.17) is 47.9 Å². The zero-order chi connectivity index (χ0) is 21.9. The highest BCUT2D eigenvalue weighted by molar-refractivity contribution is 6.58. The molecule has 11 N–H and O–H groups in total. The van der Waals surface area contributed by atoms with Gasteiger partial charge in [-0.25, -0.2) is 0 Å². The Morgan fingerprint density at radius 3 is 1.78 bits per heavy atom. The maximum absolute atomic E-state index is 10.9. The second-order valence-corrected chi connectivity index (χ2v) is 5.73. The summed E-state index contributed by atoms with van der Waals surface area (Å²) >= 11 is 0. The van der Waals surface area contributed by atoms with Crippen LogP contribution in [0.1, 0.15) is 5.56 Å². The number of aliphatic carboxylic acids is 1. The Morgan fingerprint density at radius 1 is 1.00 bits per heavy atom. The molecule has 0 heterocycles. The molecule has 11 nitrogen and oxygen atoms in total. The summed E-state index contributed by atoms with van der Waals surface area (Å²) in [6.45, 7) is -1.45. The molecule has 12 heteroatoms. The topological polar surface area (TPSA) is 225 Å². The Labute approximate surface area is 157 Å². The Balaban J connectivity index is 0.000000546. The van der Waals surface area contributed by atoms with Gasteiger partial charge in [0.25, 0.3) is 1.43 Å². The van der Waals surface area contributed by atoms with E-state index >= 15 is 0 Å². The fourth-order valence-electron chi connectivity index (χ4n) is 1.83. The van der Waals surface area contributed by atoms with Crippen LogP contribution in [0.25, 0.3) is 1.43 Å². The van der Waals surface area contributed by atoms with Crippen molar-refractivity contribution in [2.75, 3.05) is 13.2 Å². The first-order valence-corrected chi connectivity index (χ1v) is 7.90. The smallest absolute Gasteiger partial charge is 0.480 e. The van der Waals surface area contributed by atoms with Crippen LogP contribution in [0, 0.1) is 0 Å². The van der Waals surface area contributed by atoms with E-state index in [0.717, 1.165) is 5.56 Å². The number of nitrogens with two attached hydrogens (primary N) is 1. The van der Waals surface area contributed by atoms with Gasteiger partial charge in [0.2, 0.25) is 0 Å². The lowest BCUT2D eigenvalue weighted by Gasteiger charge is -2.24. The van der Waals surface area contributed by atoms with E-state index in [1.807, 2.05) is 0 Å². The molecule has 0 spiro atoms. The van der Waals surface area contributed by atoms with Gasteiger partial charge in [0.15, 0.2) is 0 Å². The van der Waals surface area contributed by atoms with Crippen molar-refractivity contribution < 1.29 is 50.6 Å². The lowest BCUT2D eigenvalue weighted by Crippen LogP contribution is -2.46. The molecule has 0 saturated heterocycles. The molecule has 1 rings (SSSR count). The molecule has 27 heavy (non-hydrogen) atoms. The van der Waals surface area contributed by atoms with Crippen LogP contribution in [0.2, 0.25) is 0 Å². The third-order valence-corrected chi connectivity index (χ3v) is 3.55. The molecular formula is C15H26BNO10. The average Bonchev–Trinajstić information content (AvgIpc) is 2.71. The number of hydrogen-bond acceptors (Lipinski definition) is 11. The number of carboxylic acids is 1. The van der Waals surface area contributed by atoms with Crippen molar-refractivity contribution in [1.29, 1.82) is 1.43 Å². The summed E-state index contributed by atoms with van der Waals surface area (Å²) in [4.78, 5) is 10.9. The van der Waals surface area contributed by atoms with Crippen LogP contribution in [0.4, 0.5) is 0 Å². The van der Waals surface area contributed by atoms with Gasteiger partial charge >= 0.3 is 13.1 Å². The number of aliphatic hydroxyl groups excluding tert-OH is 6. The molecule has 0 bridgehead atoms. The first kappa shape index (κ1) is 23.4. The van der Waals surface area contributed by atoms with Crippen LogP contribution in [-0.2, 0) is 11.2 Å². The molecule has 0 aliphatic rings. The van der Waals surface area contributed by atoms with Crippen LogP contribution < -0.4 is 11.2 Å². The Kier molecular flexibility index (Phi) is 11.0. The molecule has 1 aromatic rings. The summed E-state index contributed by atoms with van der Waals surface area (Å²) < 4.78 is 6.40. The van der Waals surface area contributed by atoms with Gasteiger partial charge in [0, 0.05) is 0 Å². The maximum Gasteiger partial charge on any atom is 0.488 e. The number of benzene rings is 1. The van der Waals surface area contributed by atoms with Crippen molar-refractivity contribution in [2.45, 2.75) is 36.9 Å². The number of carboxylic acid groups (broad SMARTS) is 1. The van der Waals surface area contributed by atoms with Gasteiger partial charge in [-0.1, -0.05) is 24.3 Å². The molecular weight excluding hydrogens is 365 g/mol. The summed E-state index contributed by atoms with van der Waals surface area (Å²) in [5, 5.41) is 73.6. The third kappa shape index (κ3) is 9.24. The second-order valence-electron chi connectivity index (χ2n) is 5.73. The zero-order valence-corrected chi connectivity index (χ0v) is 14.4. The molecule has 0 saturated carbocycles. The quantitative estimate of drug-likeness (QED) is 0.179. The van der Waals surface area contributed by atoms with Crippen LogP contribution in [0.3, 0.4) is 0 Å². The summed E-state index contributed by atoms with van der Waals surface area (Å²) in [5.74, 6) is -0.800. The number of rotatable bonds is 9. The van der Waals surface area contributed by atoms with E-state index in [2.05, 4.69) is 5.11 Å². The highest BCUT2D eigenvalue weighted by Crippen LogP contribution is 2.04. The summed E-state index contributed by atoms with van der Waals surface area (Å²) in [5.41, 5.74) is 6.58. The predicted molar refractivity (Wildman–Crippen MR) is 93.8 cm³/mol. The van der Waals surface area contributed by atoms with E-state index in [9.17, 15) is 4.79 Å². The lowest BCUT2D eigenvalue weighted by atomic mass is 9.80. The van der Waals surface area contributed by atoms with Crippen LogP contribution in [0.5, 0.6) is 0 Å². The average molecular weight is 392 g/mol. The number of hydrogen-bond donors (Lipinski definition) is 10. The molecule has 1 aromatic carbocycles. The van der Waals surface area contributed by atoms with E-state index < -0.39 is 56.8 Å². The predicted octanol–water partition coefficient (Wildman–Crippen LogP) is -5.26. The fraction of sp³-hybridized carbons (Fsp3) is 0.533. The molecule has 0 unspecified atom stereocenters. The van der Waals surface area contributed by atoms with Crippen molar-refractivity contribution >= 4 is 18.6 Å². The monoisotopic (exact) mass is 392 g/mol. The summed E-state index contributed by atoms with van der Waals surface area (Å²) in [6.07, 6.45) is -6.16. The van der Waals surface area contributed by atoms with E-state index in [1.165, 1.54) is 12.1 Å². The van der Waals surface area contributed by atoms with Crippen molar-refractivity contribution in [3.05, 3.63) is 29.8 Å². The van der Waals surface area contributed by atoms with Crippen molar-refractivity contribution in [2.24, 2.45) is 5.73 Å². The van der Waals surface area contributed by atoms with Gasteiger partial charge in [-0.3, -0.25) is 4.79 Å². The highest BCUT2D eigenvalue weighted by atomic mass is 16.4.